The topological polar surface area (TPSA) is 111 Å². The first-order valence-electron chi connectivity index (χ1n) is 7.75. The van der Waals surface area contributed by atoms with Crippen LogP contribution in [-0.4, -0.2) is 33.5 Å². The molecule has 0 radical (unpaired) electrons. The second kappa shape index (κ2) is 8.98. The maximum absolute atomic E-state index is 13.6. The lowest BCUT2D eigenvalue weighted by molar-refractivity contribution is -0.384. The molecule has 8 nitrogen and oxygen atoms in total. The second-order valence-corrected chi connectivity index (χ2v) is 7.57. The third-order valence-corrected chi connectivity index (χ3v) is 5.33. The lowest BCUT2D eigenvalue weighted by Gasteiger charge is -2.10. The first-order valence-corrected chi connectivity index (χ1v) is 9.61. The summed E-state index contributed by atoms with van der Waals surface area (Å²) in [6, 6.07) is 7.39. The van der Waals surface area contributed by atoms with Crippen LogP contribution in [0.25, 0.3) is 0 Å². The zero-order valence-electron chi connectivity index (χ0n) is 14.2. The van der Waals surface area contributed by atoms with E-state index in [2.05, 4.69) is 10.0 Å². The molecule has 2 rings (SSSR count). The summed E-state index contributed by atoms with van der Waals surface area (Å²) in [4.78, 5) is 9.91. The van der Waals surface area contributed by atoms with Crippen LogP contribution in [0.4, 0.5) is 15.8 Å². The number of nitrogens with one attached hydrogen (secondary N) is 2. The van der Waals surface area contributed by atoms with E-state index in [-0.39, 0.29) is 27.9 Å². The molecule has 0 fully saturated rings. The summed E-state index contributed by atoms with van der Waals surface area (Å²) in [6.45, 7) is 0.477. The number of nitrogens with zero attached hydrogens (tertiary/aromatic N) is 1. The molecule has 0 amide bonds. The summed E-state index contributed by atoms with van der Waals surface area (Å²) < 4.78 is 45.1. The molecule has 0 bridgehead atoms. The van der Waals surface area contributed by atoms with Crippen LogP contribution in [0.15, 0.2) is 41.3 Å². The summed E-state index contributed by atoms with van der Waals surface area (Å²) in [5.74, 6) is -0.812. The van der Waals surface area contributed by atoms with Gasteiger partial charge >= 0.3 is 0 Å². The minimum absolute atomic E-state index is 0.0434. The fourth-order valence-electron chi connectivity index (χ4n) is 2.18. The molecular formula is C16H17ClFN3O5S. The molecule has 0 saturated heterocycles. The molecule has 0 atom stereocenters. The molecule has 27 heavy (non-hydrogen) atoms. The van der Waals surface area contributed by atoms with E-state index in [1.165, 1.54) is 37.4 Å². The Bertz CT molecular complexity index is 940. The summed E-state index contributed by atoms with van der Waals surface area (Å²) in [7, 11) is -2.56. The Kier molecular flexibility index (Phi) is 6.94. The van der Waals surface area contributed by atoms with Crippen LogP contribution in [0.1, 0.15) is 6.42 Å². The zero-order chi connectivity index (χ0) is 20.0. The van der Waals surface area contributed by atoms with Crippen molar-refractivity contribution in [1.29, 1.82) is 0 Å². The summed E-state index contributed by atoms with van der Waals surface area (Å²) >= 11 is 5.95. The highest BCUT2D eigenvalue weighted by molar-refractivity contribution is 7.89. The second-order valence-electron chi connectivity index (χ2n) is 5.40. The van der Waals surface area contributed by atoms with Crippen LogP contribution in [-0.2, 0) is 10.0 Å². The molecule has 2 N–H and O–H groups in total. The molecule has 0 aliphatic heterocycles. The van der Waals surface area contributed by atoms with E-state index in [0.717, 1.165) is 6.07 Å². The average Bonchev–Trinajstić information content (AvgIpc) is 2.62. The SMILES string of the molecule is COc1ccc(S(=O)(=O)NCCCNc2ccc([N+](=O)[O-])cc2Cl)cc1F. The Morgan fingerprint density at radius 2 is 1.96 bits per heavy atom. The third-order valence-electron chi connectivity index (χ3n) is 3.56. The smallest absolute Gasteiger partial charge is 0.271 e. The van der Waals surface area contributed by atoms with Gasteiger partial charge in [0.15, 0.2) is 11.6 Å². The fraction of sp³-hybridized carbons (Fsp3) is 0.250. The third kappa shape index (κ3) is 5.52. The van der Waals surface area contributed by atoms with E-state index in [0.29, 0.717) is 18.7 Å². The standard InChI is InChI=1S/C16H17ClFN3O5S/c1-26-16-6-4-12(10-14(16)18)27(24,25)20-8-2-7-19-15-5-3-11(21(22)23)9-13(15)17/h3-6,9-10,19-20H,2,7-8H2,1H3. The van der Waals surface area contributed by atoms with Crippen molar-refractivity contribution < 1.29 is 22.5 Å². The Morgan fingerprint density at radius 3 is 2.56 bits per heavy atom. The molecule has 0 unspecified atom stereocenters. The molecule has 2 aromatic carbocycles. The predicted molar refractivity (Wildman–Crippen MR) is 99.4 cm³/mol. The normalized spacial score (nSPS) is 11.2. The number of anilines is 1. The van der Waals surface area contributed by atoms with Crippen molar-refractivity contribution in [2.45, 2.75) is 11.3 Å². The average molecular weight is 418 g/mol. The van der Waals surface area contributed by atoms with E-state index >= 15 is 0 Å². The zero-order valence-corrected chi connectivity index (χ0v) is 15.8. The lowest BCUT2D eigenvalue weighted by atomic mass is 10.2. The molecule has 0 aliphatic rings. The van der Waals surface area contributed by atoms with Gasteiger partial charge in [-0.25, -0.2) is 17.5 Å². The minimum Gasteiger partial charge on any atom is -0.494 e. The van der Waals surface area contributed by atoms with Gasteiger partial charge in [0.25, 0.3) is 5.69 Å². The number of rotatable bonds is 9. The van der Waals surface area contributed by atoms with Crippen LogP contribution < -0.4 is 14.8 Å². The largest absolute Gasteiger partial charge is 0.494 e. The predicted octanol–water partition coefficient (Wildman–Crippen LogP) is 3.18. The molecule has 0 spiro atoms. The lowest BCUT2D eigenvalue weighted by Crippen LogP contribution is -2.26. The number of sulfonamides is 1. The van der Waals surface area contributed by atoms with Crippen LogP contribution in [0, 0.1) is 15.9 Å². The first kappa shape index (κ1) is 20.9. The van der Waals surface area contributed by atoms with Crippen LogP contribution in [0.3, 0.4) is 0 Å². The van der Waals surface area contributed by atoms with E-state index in [1.54, 1.807) is 0 Å². The Balaban J connectivity index is 1.86. The van der Waals surface area contributed by atoms with Gasteiger partial charge in [0.05, 0.1) is 27.6 Å². The monoisotopic (exact) mass is 417 g/mol. The Hall–Kier alpha value is -2.43. The van der Waals surface area contributed by atoms with Gasteiger partial charge in [-0.05, 0) is 30.7 Å². The molecule has 0 aromatic heterocycles. The molecule has 2 aromatic rings. The Labute approximate surface area is 160 Å². The number of nitro benzene ring substituents is 1. The molecule has 0 heterocycles. The number of hydrogen-bond acceptors (Lipinski definition) is 6. The van der Waals surface area contributed by atoms with Gasteiger partial charge in [0.1, 0.15) is 0 Å². The van der Waals surface area contributed by atoms with Crippen molar-refractivity contribution >= 4 is 33.0 Å². The van der Waals surface area contributed by atoms with Crippen LogP contribution in [0.2, 0.25) is 5.02 Å². The number of non-ortho nitro benzene ring substituents is 1. The summed E-state index contributed by atoms with van der Waals surface area (Å²) in [5, 5.41) is 13.8. The number of methoxy groups -OCH3 is 1. The quantitative estimate of drug-likeness (QED) is 0.368. The van der Waals surface area contributed by atoms with Gasteiger partial charge in [0.2, 0.25) is 10.0 Å². The van der Waals surface area contributed by atoms with E-state index in [4.69, 9.17) is 16.3 Å². The van der Waals surface area contributed by atoms with Crippen LogP contribution in [0.5, 0.6) is 5.75 Å². The van der Waals surface area contributed by atoms with Crippen molar-refractivity contribution in [3.05, 3.63) is 57.4 Å². The highest BCUT2D eigenvalue weighted by atomic mass is 35.5. The molecule has 0 saturated carbocycles. The van der Waals surface area contributed by atoms with E-state index in [9.17, 15) is 22.9 Å². The van der Waals surface area contributed by atoms with Gasteiger partial charge in [-0.3, -0.25) is 10.1 Å². The van der Waals surface area contributed by atoms with Crippen molar-refractivity contribution in [1.82, 2.24) is 4.72 Å². The number of benzene rings is 2. The van der Waals surface area contributed by atoms with Gasteiger partial charge in [-0.15, -0.1) is 0 Å². The number of nitro groups is 1. The van der Waals surface area contributed by atoms with Gasteiger partial charge in [-0.2, -0.15) is 0 Å². The van der Waals surface area contributed by atoms with E-state index in [1.807, 2.05) is 0 Å². The summed E-state index contributed by atoms with van der Waals surface area (Å²) in [5.41, 5.74) is 0.382. The Morgan fingerprint density at radius 1 is 1.22 bits per heavy atom. The van der Waals surface area contributed by atoms with Gasteiger partial charge < -0.3 is 10.1 Å². The van der Waals surface area contributed by atoms with Crippen molar-refractivity contribution in [3.63, 3.8) is 0 Å². The first-order chi connectivity index (χ1) is 12.7. The van der Waals surface area contributed by atoms with Gasteiger partial charge in [-0.1, -0.05) is 11.6 Å². The highest BCUT2D eigenvalue weighted by Gasteiger charge is 2.16. The molecular weight excluding hydrogens is 401 g/mol. The van der Waals surface area contributed by atoms with E-state index < -0.39 is 20.8 Å². The maximum Gasteiger partial charge on any atom is 0.271 e. The maximum atomic E-state index is 13.6. The molecule has 0 aliphatic carbocycles. The number of halogens is 2. The molecule has 11 heteroatoms. The van der Waals surface area contributed by atoms with Crippen molar-refractivity contribution in [3.8, 4) is 5.75 Å². The highest BCUT2D eigenvalue weighted by Crippen LogP contribution is 2.26. The number of hydrogen-bond donors (Lipinski definition) is 2. The van der Waals surface area contributed by atoms with Crippen LogP contribution >= 0.6 is 11.6 Å². The van der Waals surface area contributed by atoms with Crippen molar-refractivity contribution in [2.75, 3.05) is 25.5 Å². The van der Waals surface area contributed by atoms with Crippen molar-refractivity contribution in [2.24, 2.45) is 0 Å². The summed E-state index contributed by atoms with van der Waals surface area (Å²) in [6.07, 6.45) is 0.408. The van der Waals surface area contributed by atoms with Gasteiger partial charge in [0, 0.05) is 25.2 Å². The number of ether oxygens (including phenoxy) is 1. The minimum atomic E-state index is -3.85. The fourth-order valence-corrected chi connectivity index (χ4v) is 3.50. The molecule has 146 valence electrons.